The molecule has 8 fully saturated rings. The summed E-state index contributed by atoms with van der Waals surface area (Å²) in [6.45, 7) is 19.4. The van der Waals surface area contributed by atoms with E-state index in [0.29, 0.717) is 6.61 Å². The van der Waals surface area contributed by atoms with E-state index in [1.807, 2.05) is 27.7 Å². The zero-order valence-corrected chi connectivity index (χ0v) is 32.2. The second-order valence-electron chi connectivity index (χ2n) is 16.7. The van der Waals surface area contributed by atoms with Crippen molar-refractivity contribution >= 4 is 5.78 Å². The van der Waals surface area contributed by atoms with Crippen molar-refractivity contribution in [2.24, 2.45) is 11.8 Å². The largest absolute Gasteiger partial charge is 0.388 e. The first kappa shape index (κ1) is 41.6. The summed E-state index contributed by atoms with van der Waals surface area (Å²) in [4.78, 5) is 12.6. The second-order valence-corrected chi connectivity index (χ2v) is 16.7. The minimum Gasteiger partial charge on any atom is -0.388 e. The van der Waals surface area contributed by atoms with Crippen LogP contribution in [0, 0.1) is 11.8 Å². The Labute approximate surface area is 309 Å². The molecule has 18 nitrogen and oxygen atoms in total. The van der Waals surface area contributed by atoms with E-state index in [0.717, 1.165) is 0 Å². The predicted molar refractivity (Wildman–Crippen MR) is 175 cm³/mol. The highest BCUT2D eigenvalue weighted by atomic mass is 16.9. The van der Waals surface area contributed by atoms with Crippen LogP contribution >= 0.6 is 0 Å². The zero-order valence-electron chi connectivity index (χ0n) is 32.2. The lowest BCUT2D eigenvalue weighted by atomic mass is 9.97. The molecule has 8 rings (SSSR count). The Kier molecular flexibility index (Phi) is 11.6. The monoisotopic (exact) mass is 766 g/mol. The molecule has 8 heterocycles. The van der Waals surface area contributed by atoms with Crippen LogP contribution in [0.25, 0.3) is 0 Å². The normalized spacial score (nSPS) is 47.8. The van der Waals surface area contributed by atoms with Gasteiger partial charge in [-0.25, -0.2) is 0 Å². The second kappa shape index (κ2) is 14.7. The lowest BCUT2D eigenvalue weighted by molar-refractivity contribution is -0.337. The molecule has 3 spiro atoms. The molecule has 0 aliphatic carbocycles. The minimum atomic E-state index is -1.36. The Morgan fingerprint density at radius 3 is 1.58 bits per heavy atom. The van der Waals surface area contributed by atoms with E-state index < -0.39 is 71.3 Å². The maximum atomic E-state index is 12.6. The lowest BCUT2D eigenvalue weighted by Crippen LogP contribution is -2.62. The fourth-order valence-electron chi connectivity index (χ4n) is 7.22. The van der Waals surface area contributed by atoms with Crippen LogP contribution in [0.5, 0.6) is 0 Å². The standard InChI is InChI=1S/C13H22O6.C13H20O6.C9H16O6/c2*1-7(2)11-17-8-5-15-13(10(14)9(8)18-11)6-16-12(3,4)19-13;1-8(2)14-4-9(15-8)7(12)6(11)5(10)3-13-9/h7-11,14H,5-6H2,1-4H3;7-9,11H,5-6H2,1-4H3;5-7,10-12H,3-4H2,1-2H3/t8-,9-,10+,11?,13+;8-,9-,11?,13+;5-,6-,7+,9+/m111/s1. The molecule has 4 N–H and O–H groups in total. The van der Waals surface area contributed by atoms with Crippen molar-refractivity contribution in [3.8, 4) is 0 Å². The van der Waals surface area contributed by atoms with E-state index in [4.69, 9.17) is 61.6 Å². The van der Waals surface area contributed by atoms with E-state index in [1.54, 1.807) is 41.5 Å². The van der Waals surface area contributed by atoms with Crippen LogP contribution in [-0.4, -0.2) is 162 Å². The summed E-state index contributed by atoms with van der Waals surface area (Å²) >= 11 is 0. The molecule has 8 aliphatic heterocycles. The van der Waals surface area contributed by atoms with Crippen molar-refractivity contribution in [3.63, 3.8) is 0 Å². The molecule has 0 aromatic rings. The molecule has 0 bridgehead atoms. The molecular formula is C35H58O18. The topological polar surface area (TPSA) is 218 Å². The Bertz CT molecular complexity index is 1310. The summed E-state index contributed by atoms with van der Waals surface area (Å²) in [5.74, 6) is -6.09. The van der Waals surface area contributed by atoms with Gasteiger partial charge in [-0.2, -0.15) is 0 Å². The minimum absolute atomic E-state index is 0.0327. The van der Waals surface area contributed by atoms with Crippen LogP contribution in [0.1, 0.15) is 69.2 Å². The molecule has 0 saturated carbocycles. The average Bonchev–Trinajstić information content (AvgIpc) is 3.89. The lowest BCUT2D eigenvalue weighted by Gasteiger charge is -2.41. The van der Waals surface area contributed by atoms with Gasteiger partial charge in [-0.15, -0.1) is 0 Å². The summed E-state index contributed by atoms with van der Waals surface area (Å²) in [5.41, 5.74) is 0. The number of ether oxygens (including phenoxy) is 13. The third kappa shape index (κ3) is 8.22. The smallest absolute Gasteiger partial charge is 0.258 e. The molecule has 18 heteroatoms. The molecule has 13 atom stereocenters. The van der Waals surface area contributed by atoms with Crippen molar-refractivity contribution in [2.75, 3.05) is 39.6 Å². The number of carbonyl (C=O) groups excluding carboxylic acids is 1. The van der Waals surface area contributed by atoms with Gasteiger partial charge in [0, 0.05) is 11.8 Å². The van der Waals surface area contributed by atoms with Crippen molar-refractivity contribution in [3.05, 3.63) is 0 Å². The highest BCUT2D eigenvalue weighted by Gasteiger charge is 2.63. The molecule has 53 heavy (non-hydrogen) atoms. The van der Waals surface area contributed by atoms with Crippen LogP contribution in [0.2, 0.25) is 0 Å². The van der Waals surface area contributed by atoms with E-state index in [9.17, 15) is 25.2 Å². The Morgan fingerprint density at radius 2 is 1.06 bits per heavy atom. The van der Waals surface area contributed by atoms with Gasteiger partial charge in [-0.1, -0.05) is 27.7 Å². The van der Waals surface area contributed by atoms with Gasteiger partial charge in [0.15, 0.2) is 36.0 Å². The molecular weight excluding hydrogens is 708 g/mol. The third-order valence-corrected chi connectivity index (χ3v) is 10.1. The molecule has 0 radical (unpaired) electrons. The number of ketones is 1. The van der Waals surface area contributed by atoms with Gasteiger partial charge < -0.3 is 82.0 Å². The fraction of sp³-hybridized carbons (Fsp3) is 0.971. The van der Waals surface area contributed by atoms with Crippen LogP contribution in [0.4, 0.5) is 0 Å². The summed E-state index contributed by atoms with van der Waals surface area (Å²) in [5, 5.41) is 39.1. The number of carbonyl (C=O) groups is 1. The van der Waals surface area contributed by atoms with Crippen molar-refractivity contribution in [2.45, 2.75) is 165 Å². The maximum Gasteiger partial charge on any atom is 0.258 e. The fourth-order valence-corrected chi connectivity index (χ4v) is 7.22. The third-order valence-electron chi connectivity index (χ3n) is 10.1. The molecule has 8 aliphatic rings. The number of rotatable bonds is 2. The molecule has 2 unspecified atom stereocenters. The van der Waals surface area contributed by atoms with Crippen molar-refractivity contribution in [1.82, 2.24) is 0 Å². The number of hydrogen-bond acceptors (Lipinski definition) is 18. The van der Waals surface area contributed by atoms with Gasteiger partial charge in [0.05, 0.1) is 19.8 Å². The molecule has 0 aromatic carbocycles. The average molecular weight is 767 g/mol. The number of fused-ring (bicyclic) bond motifs is 2. The van der Waals surface area contributed by atoms with E-state index in [2.05, 4.69) is 0 Å². The van der Waals surface area contributed by atoms with Crippen LogP contribution in [-0.2, 0) is 66.4 Å². The SMILES string of the molecule is CC(C)C1O[C@@H]2CO[C@]3(COC(C)(C)O3)C(=O)[C@@H]2O1.CC(C)C1O[C@@H]2[C@@H](CO[C@]3(COC(C)(C)O3)[C@H]2O)O1.CC1(C)OC[C@]2(OC[C@@H](O)[C@@H](O)[C@@H]2O)O1. The number of hydrogen-bond donors (Lipinski definition) is 4. The van der Waals surface area contributed by atoms with Crippen LogP contribution in [0.3, 0.4) is 0 Å². The van der Waals surface area contributed by atoms with Gasteiger partial charge in [0.2, 0.25) is 17.4 Å². The quantitative estimate of drug-likeness (QED) is 0.292. The summed E-state index contributed by atoms with van der Waals surface area (Å²) < 4.78 is 72.7. The van der Waals surface area contributed by atoms with E-state index >= 15 is 0 Å². The molecule has 8 saturated heterocycles. The van der Waals surface area contributed by atoms with Crippen LogP contribution in [0.15, 0.2) is 0 Å². The number of aliphatic hydroxyl groups excluding tert-OH is 4. The first-order valence-corrected chi connectivity index (χ1v) is 18.3. The van der Waals surface area contributed by atoms with Gasteiger partial charge in [0.1, 0.15) is 62.5 Å². The summed E-state index contributed by atoms with van der Waals surface area (Å²) in [6, 6.07) is 0. The maximum absolute atomic E-state index is 12.6. The Hall–Kier alpha value is -1.01. The molecule has 0 aromatic heterocycles. The van der Waals surface area contributed by atoms with E-state index in [1.165, 1.54) is 0 Å². The first-order valence-electron chi connectivity index (χ1n) is 18.3. The number of Topliss-reactive ketones (excluding diaryl/α,β-unsaturated/α-hetero) is 1. The highest BCUT2D eigenvalue weighted by Crippen LogP contribution is 2.44. The van der Waals surface area contributed by atoms with Crippen molar-refractivity contribution < 1.29 is 86.8 Å². The zero-order chi connectivity index (χ0) is 38.9. The summed E-state index contributed by atoms with van der Waals surface area (Å²) in [7, 11) is 0. The number of aliphatic hydroxyl groups is 4. The van der Waals surface area contributed by atoms with E-state index in [-0.39, 0.29) is 75.4 Å². The highest BCUT2D eigenvalue weighted by molar-refractivity contribution is 5.92. The van der Waals surface area contributed by atoms with Crippen LogP contribution < -0.4 is 0 Å². The molecule has 306 valence electrons. The Balaban J connectivity index is 0.000000137. The van der Waals surface area contributed by atoms with Gasteiger partial charge in [0.25, 0.3) is 5.79 Å². The molecule has 0 amide bonds. The first-order chi connectivity index (χ1) is 24.5. The Morgan fingerprint density at radius 1 is 0.566 bits per heavy atom. The van der Waals surface area contributed by atoms with Crippen molar-refractivity contribution in [1.29, 1.82) is 0 Å². The summed E-state index contributed by atoms with van der Waals surface area (Å²) in [6.07, 6.45) is -6.95. The van der Waals surface area contributed by atoms with Gasteiger partial charge in [-0.3, -0.25) is 4.79 Å². The predicted octanol–water partition coefficient (Wildman–Crippen LogP) is 0.0323. The van der Waals surface area contributed by atoms with Gasteiger partial charge in [-0.05, 0) is 41.5 Å². The van der Waals surface area contributed by atoms with Gasteiger partial charge >= 0.3 is 0 Å².